The Morgan fingerprint density at radius 3 is 2.67 bits per heavy atom. The van der Waals surface area contributed by atoms with Crippen molar-refractivity contribution in [3.05, 3.63) is 23.2 Å². The van der Waals surface area contributed by atoms with Crippen LogP contribution >= 0.6 is 11.6 Å². The van der Waals surface area contributed by atoms with Gasteiger partial charge in [0.1, 0.15) is 10.7 Å². The Kier molecular flexibility index (Phi) is 6.20. The average molecular weight is 415 g/mol. The Balaban J connectivity index is 1.77. The molecule has 1 aliphatic carbocycles. The maximum Gasteiger partial charge on any atom is 0.244 e. The van der Waals surface area contributed by atoms with Gasteiger partial charge in [-0.05, 0) is 31.0 Å². The fraction of sp³-hybridized carbons (Fsp3) is 0.556. The fourth-order valence-corrected chi connectivity index (χ4v) is 5.33. The van der Waals surface area contributed by atoms with Crippen LogP contribution in [0, 0.1) is 11.8 Å². The van der Waals surface area contributed by atoms with E-state index in [2.05, 4.69) is 5.32 Å². The smallest absolute Gasteiger partial charge is 0.244 e. The lowest BCUT2D eigenvalue weighted by molar-refractivity contribution is -0.128. The second kappa shape index (κ2) is 8.26. The number of ketones is 1. The number of benzene rings is 1. The highest BCUT2D eigenvalue weighted by Gasteiger charge is 2.31. The molecule has 2 aliphatic rings. The number of morpholine rings is 1. The molecule has 1 aliphatic heterocycles. The zero-order chi connectivity index (χ0) is 19.6. The minimum absolute atomic E-state index is 0.0314. The van der Waals surface area contributed by atoms with E-state index in [0.29, 0.717) is 38.2 Å². The summed E-state index contributed by atoms with van der Waals surface area (Å²) in [5.74, 6) is -0.402. The summed E-state index contributed by atoms with van der Waals surface area (Å²) in [4.78, 5) is 24.1. The third kappa shape index (κ3) is 4.51. The summed E-state index contributed by atoms with van der Waals surface area (Å²) in [5, 5.41) is 2.88. The predicted molar refractivity (Wildman–Crippen MR) is 101 cm³/mol. The zero-order valence-electron chi connectivity index (χ0n) is 15.1. The van der Waals surface area contributed by atoms with E-state index in [1.54, 1.807) is 6.07 Å². The Morgan fingerprint density at radius 2 is 2.00 bits per heavy atom. The van der Waals surface area contributed by atoms with Gasteiger partial charge < -0.3 is 10.1 Å². The average Bonchev–Trinajstić information content (AvgIpc) is 2.66. The molecule has 1 heterocycles. The summed E-state index contributed by atoms with van der Waals surface area (Å²) in [6.45, 7) is 3.04. The minimum atomic E-state index is -3.77. The van der Waals surface area contributed by atoms with E-state index in [9.17, 15) is 18.0 Å². The van der Waals surface area contributed by atoms with E-state index in [1.807, 2.05) is 6.92 Å². The van der Waals surface area contributed by atoms with Crippen molar-refractivity contribution in [2.45, 2.75) is 31.1 Å². The number of anilines is 1. The number of hydrogen-bond donors (Lipinski definition) is 1. The number of amides is 1. The molecule has 1 aromatic carbocycles. The van der Waals surface area contributed by atoms with Crippen molar-refractivity contribution in [1.29, 1.82) is 0 Å². The molecule has 0 unspecified atom stereocenters. The van der Waals surface area contributed by atoms with Gasteiger partial charge in [0, 0.05) is 37.0 Å². The largest absolute Gasteiger partial charge is 0.379 e. The van der Waals surface area contributed by atoms with Gasteiger partial charge in [-0.1, -0.05) is 18.5 Å². The number of sulfonamides is 1. The molecule has 3 rings (SSSR count). The molecule has 9 heteroatoms. The van der Waals surface area contributed by atoms with E-state index < -0.39 is 10.0 Å². The number of hydrogen-bond acceptors (Lipinski definition) is 5. The molecule has 27 heavy (non-hydrogen) atoms. The molecule has 148 valence electrons. The molecule has 0 aromatic heterocycles. The van der Waals surface area contributed by atoms with Gasteiger partial charge in [0.05, 0.1) is 18.2 Å². The van der Waals surface area contributed by atoms with Crippen LogP contribution in [0.5, 0.6) is 0 Å². The molecule has 1 saturated heterocycles. The van der Waals surface area contributed by atoms with E-state index in [0.717, 1.165) is 0 Å². The normalized spacial score (nSPS) is 24.6. The maximum absolute atomic E-state index is 12.9. The highest BCUT2D eigenvalue weighted by Crippen LogP contribution is 2.30. The number of ether oxygens (including phenoxy) is 1. The summed E-state index contributed by atoms with van der Waals surface area (Å²) in [7, 11) is -3.77. The molecule has 7 nitrogen and oxygen atoms in total. The molecule has 0 radical (unpaired) electrons. The Morgan fingerprint density at radius 1 is 1.30 bits per heavy atom. The Hall–Kier alpha value is -1.48. The summed E-state index contributed by atoms with van der Waals surface area (Å²) in [5.41, 5.74) is 0.376. The van der Waals surface area contributed by atoms with Crippen LogP contribution in [0.2, 0.25) is 5.02 Å². The van der Waals surface area contributed by atoms with Crippen LogP contribution in [0.1, 0.15) is 26.2 Å². The predicted octanol–water partition coefficient (Wildman–Crippen LogP) is 2.30. The van der Waals surface area contributed by atoms with E-state index >= 15 is 0 Å². The molecule has 0 bridgehead atoms. The molecule has 2 atom stereocenters. The molecule has 1 N–H and O–H groups in total. The SMILES string of the molecule is C[C@H]1C[C@H](C(=O)Nc2ccc(Cl)c(S(=O)(=O)N3CCOCC3)c2)CCC1=O. The molecule has 0 spiro atoms. The minimum Gasteiger partial charge on any atom is -0.379 e. The van der Waals surface area contributed by atoms with Crippen LogP contribution in [-0.2, 0) is 24.3 Å². The highest BCUT2D eigenvalue weighted by molar-refractivity contribution is 7.89. The first-order valence-electron chi connectivity index (χ1n) is 9.00. The quantitative estimate of drug-likeness (QED) is 0.816. The molecule has 1 aromatic rings. The molecular weight excluding hydrogens is 392 g/mol. The fourth-order valence-electron chi connectivity index (χ4n) is 3.43. The number of carbonyl (C=O) groups excluding carboxylic acids is 2. The standard InChI is InChI=1S/C18H23ClN2O5S/c1-12-10-13(2-5-16(12)22)18(23)20-14-3-4-15(19)17(11-14)27(24,25)21-6-8-26-9-7-21/h3-4,11-13H,2,5-10H2,1H3,(H,20,23)/t12-,13+/m0/s1. The van der Waals surface area contributed by atoms with Gasteiger partial charge in [-0.25, -0.2) is 8.42 Å². The van der Waals surface area contributed by atoms with Gasteiger partial charge in [0.15, 0.2) is 0 Å². The lowest BCUT2D eigenvalue weighted by Gasteiger charge is -2.27. The number of nitrogens with zero attached hydrogens (tertiary/aromatic N) is 1. The van der Waals surface area contributed by atoms with Crippen LogP contribution in [0.15, 0.2) is 23.1 Å². The summed E-state index contributed by atoms with van der Waals surface area (Å²) in [6.07, 6.45) is 1.43. The van der Waals surface area contributed by atoms with Crippen molar-refractivity contribution in [2.75, 3.05) is 31.6 Å². The van der Waals surface area contributed by atoms with Crippen LogP contribution in [-0.4, -0.2) is 50.7 Å². The van der Waals surface area contributed by atoms with Gasteiger partial charge in [-0.15, -0.1) is 0 Å². The highest BCUT2D eigenvalue weighted by atomic mass is 35.5. The second-order valence-corrected chi connectivity index (χ2v) is 9.30. The van der Waals surface area contributed by atoms with Crippen LogP contribution in [0.3, 0.4) is 0 Å². The van der Waals surface area contributed by atoms with Crippen molar-refractivity contribution >= 4 is 39.0 Å². The number of carbonyl (C=O) groups is 2. The number of nitrogens with one attached hydrogen (secondary N) is 1. The van der Waals surface area contributed by atoms with Gasteiger partial charge in [0.2, 0.25) is 15.9 Å². The third-order valence-electron chi connectivity index (χ3n) is 5.08. The first-order valence-corrected chi connectivity index (χ1v) is 10.8. The van der Waals surface area contributed by atoms with Crippen molar-refractivity contribution in [3.63, 3.8) is 0 Å². The summed E-state index contributed by atoms with van der Waals surface area (Å²) >= 11 is 6.13. The Bertz CT molecular complexity index is 836. The first kappa shape index (κ1) is 20.3. The van der Waals surface area contributed by atoms with Crippen molar-refractivity contribution in [3.8, 4) is 0 Å². The number of halogens is 1. The van der Waals surface area contributed by atoms with Crippen LogP contribution in [0.4, 0.5) is 5.69 Å². The van der Waals surface area contributed by atoms with Gasteiger partial charge in [0.25, 0.3) is 0 Å². The van der Waals surface area contributed by atoms with Crippen molar-refractivity contribution in [1.82, 2.24) is 4.31 Å². The first-order chi connectivity index (χ1) is 12.8. The van der Waals surface area contributed by atoms with Gasteiger partial charge in [-0.3, -0.25) is 9.59 Å². The van der Waals surface area contributed by atoms with Crippen LogP contribution < -0.4 is 5.32 Å². The Labute approximate surface area is 164 Å². The molecule has 1 saturated carbocycles. The summed E-state index contributed by atoms with van der Waals surface area (Å²) in [6, 6.07) is 4.44. The maximum atomic E-state index is 12.9. The van der Waals surface area contributed by atoms with Gasteiger partial charge in [-0.2, -0.15) is 4.31 Å². The van der Waals surface area contributed by atoms with E-state index in [1.165, 1.54) is 16.4 Å². The summed E-state index contributed by atoms with van der Waals surface area (Å²) < 4.78 is 32.3. The van der Waals surface area contributed by atoms with Crippen molar-refractivity contribution < 1.29 is 22.7 Å². The van der Waals surface area contributed by atoms with E-state index in [-0.39, 0.29) is 46.5 Å². The monoisotopic (exact) mass is 414 g/mol. The topological polar surface area (TPSA) is 92.8 Å². The third-order valence-corrected chi connectivity index (χ3v) is 7.46. The lowest BCUT2D eigenvalue weighted by atomic mass is 9.81. The molecule has 1 amide bonds. The van der Waals surface area contributed by atoms with E-state index in [4.69, 9.17) is 16.3 Å². The molecular formula is C18H23ClN2O5S. The lowest BCUT2D eigenvalue weighted by Crippen LogP contribution is -2.40. The van der Waals surface area contributed by atoms with Crippen LogP contribution in [0.25, 0.3) is 0 Å². The molecule has 2 fully saturated rings. The zero-order valence-corrected chi connectivity index (χ0v) is 16.7. The van der Waals surface area contributed by atoms with Gasteiger partial charge >= 0.3 is 0 Å². The number of Topliss-reactive ketones (excluding diaryl/α,β-unsaturated/α-hetero) is 1. The second-order valence-electron chi connectivity index (χ2n) is 6.99. The van der Waals surface area contributed by atoms with Crippen molar-refractivity contribution in [2.24, 2.45) is 11.8 Å². The number of rotatable bonds is 4.